The maximum absolute atomic E-state index is 12.8. The molecule has 0 spiro atoms. The maximum atomic E-state index is 12.8. The van der Waals surface area contributed by atoms with E-state index in [9.17, 15) is 14.4 Å². The molecule has 0 radical (unpaired) electrons. The van der Waals surface area contributed by atoms with Crippen LogP contribution in [0.4, 0.5) is 11.4 Å². The number of hydrogen-bond donors (Lipinski definition) is 1. The van der Waals surface area contributed by atoms with E-state index in [-0.39, 0.29) is 25.0 Å². The molecule has 0 unspecified atom stereocenters. The van der Waals surface area contributed by atoms with Crippen LogP contribution in [0, 0.1) is 0 Å². The summed E-state index contributed by atoms with van der Waals surface area (Å²) in [7, 11) is 1.32. The molecular weight excluding hydrogens is 520 g/mol. The number of fused-ring (bicyclic) bond motifs is 1. The molecule has 41 heavy (non-hydrogen) atoms. The molecule has 0 fully saturated rings. The monoisotopic (exact) mass is 548 g/mol. The van der Waals surface area contributed by atoms with Crippen LogP contribution in [0.25, 0.3) is 6.08 Å². The van der Waals surface area contributed by atoms with Crippen molar-refractivity contribution in [1.82, 2.24) is 0 Å². The van der Waals surface area contributed by atoms with Crippen LogP contribution in [0.5, 0.6) is 11.5 Å². The Morgan fingerprint density at radius 3 is 2.49 bits per heavy atom. The molecule has 5 rings (SSSR count). The van der Waals surface area contributed by atoms with Gasteiger partial charge in [0, 0.05) is 11.8 Å². The van der Waals surface area contributed by atoms with Crippen LogP contribution in [-0.2, 0) is 27.5 Å². The lowest BCUT2D eigenvalue weighted by Crippen LogP contribution is -2.38. The molecule has 1 aliphatic heterocycles. The molecule has 0 atom stereocenters. The maximum Gasteiger partial charge on any atom is 0.337 e. The summed E-state index contributed by atoms with van der Waals surface area (Å²) in [5, 5.41) is 2.84. The third kappa shape index (κ3) is 6.99. The van der Waals surface area contributed by atoms with Crippen molar-refractivity contribution in [1.29, 1.82) is 0 Å². The van der Waals surface area contributed by atoms with Crippen molar-refractivity contribution >= 4 is 35.2 Å². The van der Waals surface area contributed by atoms with Crippen molar-refractivity contribution in [3.63, 3.8) is 0 Å². The number of carbonyl (C=O) groups is 3. The van der Waals surface area contributed by atoms with Crippen molar-refractivity contribution in [3.05, 3.63) is 125 Å². The van der Waals surface area contributed by atoms with Gasteiger partial charge in [0.05, 0.1) is 24.9 Å². The van der Waals surface area contributed by atoms with Crippen molar-refractivity contribution < 1.29 is 28.6 Å². The first-order valence-corrected chi connectivity index (χ1v) is 13.0. The highest BCUT2D eigenvalue weighted by molar-refractivity contribution is 6.03. The first kappa shape index (κ1) is 27.2. The SMILES string of the molecule is COC(=O)c1cccc(CN2C(=O)COc3ccc(NC(=O)/C=C/c4ccc(OCc5ccccc5)cc4)cc32)c1. The molecule has 1 N–H and O–H groups in total. The Hall–Kier alpha value is -5.37. The Kier molecular flexibility index (Phi) is 8.40. The average Bonchev–Trinajstić information content (AvgIpc) is 3.01. The highest BCUT2D eigenvalue weighted by Gasteiger charge is 2.26. The lowest BCUT2D eigenvalue weighted by molar-refractivity contribution is -0.121. The minimum atomic E-state index is -0.453. The summed E-state index contributed by atoms with van der Waals surface area (Å²) in [6, 6.07) is 29.4. The Morgan fingerprint density at radius 2 is 1.71 bits per heavy atom. The van der Waals surface area contributed by atoms with Crippen LogP contribution in [-0.4, -0.2) is 31.5 Å². The van der Waals surface area contributed by atoms with Gasteiger partial charge < -0.3 is 24.4 Å². The fraction of sp³-hybridized carbons (Fsp3) is 0.121. The topological polar surface area (TPSA) is 94.2 Å². The average molecular weight is 549 g/mol. The van der Waals surface area contributed by atoms with Gasteiger partial charge in [-0.05, 0) is 65.2 Å². The second-order valence-electron chi connectivity index (χ2n) is 9.31. The highest BCUT2D eigenvalue weighted by Crippen LogP contribution is 2.35. The van der Waals surface area contributed by atoms with Gasteiger partial charge in [-0.15, -0.1) is 0 Å². The predicted molar refractivity (Wildman–Crippen MR) is 156 cm³/mol. The molecule has 206 valence electrons. The van der Waals surface area contributed by atoms with Crippen LogP contribution in [0.2, 0.25) is 0 Å². The van der Waals surface area contributed by atoms with Crippen LogP contribution in [0.1, 0.15) is 27.0 Å². The van der Waals surface area contributed by atoms with Gasteiger partial charge in [-0.1, -0.05) is 54.6 Å². The number of hydrogen-bond acceptors (Lipinski definition) is 6. The van der Waals surface area contributed by atoms with E-state index >= 15 is 0 Å². The number of amides is 2. The highest BCUT2D eigenvalue weighted by atomic mass is 16.5. The van der Waals surface area contributed by atoms with Crippen molar-refractivity contribution in [2.45, 2.75) is 13.2 Å². The smallest absolute Gasteiger partial charge is 0.337 e. The lowest BCUT2D eigenvalue weighted by atomic mass is 10.1. The van der Waals surface area contributed by atoms with E-state index in [2.05, 4.69) is 5.32 Å². The second-order valence-corrected chi connectivity index (χ2v) is 9.31. The summed E-state index contributed by atoms with van der Waals surface area (Å²) in [6.45, 7) is 0.601. The van der Waals surface area contributed by atoms with E-state index in [1.807, 2.05) is 60.7 Å². The Balaban J connectivity index is 1.23. The third-order valence-corrected chi connectivity index (χ3v) is 6.41. The molecule has 1 aliphatic rings. The van der Waals surface area contributed by atoms with Crippen molar-refractivity contribution in [3.8, 4) is 11.5 Å². The third-order valence-electron chi connectivity index (χ3n) is 6.41. The van der Waals surface area contributed by atoms with E-state index < -0.39 is 5.97 Å². The number of benzene rings is 4. The van der Waals surface area contributed by atoms with Gasteiger partial charge in [0.25, 0.3) is 5.91 Å². The van der Waals surface area contributed by atoms with Gasteiger partial charge >= 0.3 is 5.97 Å². The summed E-state index contributed by atoms with van der Waals surface area (Å²) in [4.78, 5) is 38.9. The molecule has 2 amide bonds. The molecule has 8 nitrogen and oxygen atoms in total. The number of rotatable bonds is 9. The number of ether oxygens (including phenoxy) is 3. The number of anilines is 2. The van der Waals surface area contributed by atoms with E-state index in [0.29, 0.717) is 29.3 Å². The number of nitrogens with zero attached hydrogens (tertiary/aromatic N) is 1. The number of carbonyl (C=O) groups excluding carboxylic acids is 3. The van der Waals surface area contributed by atoms with Crippen LogP contribution >= 0.6 is 0 Å². The summed E-state index contributed by atoms with van der Waals surface area (Å²) in [6.07, 6.45) is 3.15. The number of methoxy groups -OCH3 is 1. The van der Waals surface area contributed by atoms with Crippen LogP contribution < -0.4 is 19.7 Å². The van der Waals surface area contributed by atoms with Crippen molar-refractivity contribution in [2.24, 2.45) is 0 Å². The van der Waals surface area contributed by atoms with Crippen LogP contribution in [0.15, 0.2) is 103 Å². The molecule has 4 aromatic carbocycles. The summed E-state index contributed by atoms with van der Waals surface area (Å²) < 4.78 is 16.2. The normalized spacial score (nSPS) is 12.4. The van der Waals surface area contributed by atoms with Gasteiger partial charge in [0.2, 0.25) is 5.91 Å². The molecule has 4 aromatic rings. The van der Waals surface area contributed by atoms with E-state index in [1.165, 1.54) is 13.2 Å². The molecule has 1 heterocycles. The lowest BCUT2D eigenvalue weighted by Gasteiger charge is -2.30. The van der Waals surface area contributed by atoms with Gasteiger partial charge in [0.1, 0.15) is 18.1 Å². The molecule has 0 saturated carbocycles. The number of esters is 1. The largest absolute Gasteiger partial charge is 0.489 e. The molecule has 0 bridgehead atoms. The zero-order chi connectivity index (χ0) is 28.6. The zero-order valence-electron chi connectivity index (χ0n) is 22.4. The predicted octanol–water partition coefficient (Wildman–Crippen LogP) is 5.63. The quantitative estimate of drug-likeness (QED) is 0.215. The first-order valence-electron chi connectivity index (χ1n) is 13.0. The molecular formula is C33H28N2O6. The summed E-state index contributed by atoms with van der Waals surface area (Å²) >= 11 is 0. The summed E-state index contributed by atoms with van der Waals surface area (Å²) in [5.41, 5.74) is 4.11. The van der Waals surface area contributed by atoms with Crippen LogP contribution in [0.3, 0.4) is 0 Å². The standard InChI is InChI=1S/C33H28N2O6/c1-39-33(38)26-9-5-8-25(18-26)20-35-29-19-27(13-16-30(29)41-22-32(35)37)34-31(36)17-12-23-10-14-28(15-11-23)40-21-24-6-3-2-4-7-24/h2-19H,20-22H2,1H3,(H,34,36)/b17-12+. The Labute approximate surface area is 237 Å². The molecule has 0 aromatic heterocycles. The Morgan fingerprint density at radius 1 is 0.927 bits per heavy atom. The van der Waals surface area contributed by atoms with Gasteiger partial charge in [-0.3, -0.25) is 9.59 Å². The minimum absolute atomic E-state index is 0.103. The first-order chi connectivity index (χ1) is 20.0. The molecule has 0 aliphatic carbocycles. The number of nitrogens with one attached hydrogen (secondary N) is 1. The van der Waals surface area contributed by atoms with E-state index in [0.717, 1.165) is 22.4 Å². The minimum Gasteiger partial charge on any atom is -0.489 e. The molecule has 8 heteroatoms. The van der Waals surface area contributed by atoms with Crippen molar-refractivity contribution in [2.75, 3.05) is 23.9 Å². The van der Waals surface area contributed by atoms with E-state index in [4.69, 9.17) is 14.2 Å². The fourth-order valence-corrected chi connectivity index (χ4v) is 4.32. The summed E-state index contributed by atoms with van der Waals surface area (Å²) in [5.74, 6) is 0.251. The molecule has 0 saturated heterocycles. The second kappa shape index (κ2) is 12.7. The van der Waals surface area contributed by atoms with E-state index in [1.54, 1.807) is 47.4 Å². The van der Waals surface area contributed by atoms with Gasteiger partial charge in [0.15, 0.2) is 6.61 Å². The van der Waals surface area contributed by atoms with Gasteiger partial charge in [-0.2, -0.15) is 0 Å². The fourth-order valence-electron chi connectivity index (χ4n) is 4.32. The van der Waals surface area contributed by atoms with Gasteiger partial charge in [-0.25, -0.2) is 4.79 Å². The Bertz CT molecular complexity index is 1580. The zero-order valence-corrected chi connectivity index (χ0v) is 22.4.